The summed E-state index contributed by atoms with van der Waals surface area (Å²) >= 11 is 0. The SMILES string of the molecule is N#Cc1c(-n2c3cccc4c5nccnc5c5cccc2c5c43)cccc1-n1c2cccc3c4nccnc4c4cccc1c4c32. The molecule has 0 atom stereocenters. The summed E-state index contributed by atoms with van der Waals surface area (Å²) in [4.78, 5) is 19.0. The number of nitrogens with zero attached hydrogens (tertiary/aromatic N) is 7. The molecule has 0 spiro atoms. The second kappa shape index (κ2) is 8.29. The number of hydrogen-bond acceptors (Lipinski definition) is 5. The van der Waals surface area contributed by atoms with Gasteiger partial charge in [0.15, 0.2) is 0 Å². The van der Waals surface area contributed by atoms with Gasteiger partial charge in [-0.25, -0.2) is 0 Å². The van der Waals surface area contributed by atoms with Gasteiger partial charge in [-0.05, 0) is 36.4 Å². The van der Waals surface area contributed by atoms with Crippen LogP contribution in [-0.2, 0) is 0 Å². The molecule has 210 valence electrons. The average Bonchev–Trinajstić information content (AvgIpc) is 3.64. The number of hydrogen-bond donors (Lipinski definition) is 0. The van der Waals surface area contributed by atoms with E-state index in [0.717, 1.165) is 98.6 Å². The molecule has 0 radical (unpaired) electrons. The van der Waals surface area contributed by atoms with Gasteiger partial charge in [-0.2, -0.15) is 5.26 Å². The van der Waals surface area contributed by atoms with Crippen molar-refractivity contribution in [2.45, 2.75) is 0 Å². The third-order valence-corrected chi connectivity index (χ3v) is 9.66. The number of nitriles is 1. The summed E-state index contributed by atoms with van der Waals surface area (Å²) in [5, 5.41) is 19.7. The van der Waals surface area contributed by atoms with Crippen LogP contribution in [0.2, 0.25) is 0 Å². The Hall–Kier alpha value is -6.65. The minimum atomic E-state index is 0.590. The minimum absolute atomic E-state index is 0.590. The maximum absolute atomic E-state index is 11.0. The molecular formula is C39H19N7. The highest BCUT2D eigenvalue weighted by Gasteiger charge is 2.25. The summed E-state index contributed by atoms with van der Waals surface area (Å²) < 4.78 is 4.47. The highest BCUT2D eigenvalue weighted by atomic mass is 15.0. The second-order valence-corrected chi connectivity index (χ2v) is 11.8. The predicted octanol–water partition coefficient (Wildman–Crippen LogP) is 8.82. The van der Waals surface area contributed by atoms with E-state index in [0.29, 0.717) is 5.56 Å². The average molecular weight is 586 g/mol. The molecular weight excluding hydrogens is 566 g/mol. The molecule has 0 N–H and O–H groups in total. The molecule has 0 aliphatic rings. The molecule has 0 saturated carbocycles. The van der Waals surface area contributed by atoms with Crippen molar-refractivity contribution >= 4 is 87.2 Å². The smallest absolute Gasteiger partial charge is 0.104 e. The lowest BCUT2D eigenvalue weighted by molar-refractivity contribution is 1.12. The minimum Gasteiger partial charge on any atom is -0.308 e. The van der Waals surface area contributed by atoms with Crippen LogP contribution in [0.5, 0.6) is 0 Å². The zero-order valence-corrected chi connectivity index (χ0v) is 24.1. The lowest BCUT2D eigenvalue weighted by Gasteiger charge is -2.15. The Kier molecular flexibility index (Phi) is 4.28. The van der Waals surface area contributed by atoms with E-state index < -0.39 is 0 Å². The summed E-state index contributed by atoms with van der Waals surface area (Å²) in [7, 11) is 0. The molecule has 0 fully saturated rings. The fraction of sp³-hybridized carbons (Fsp3) is 0. The standard InChI is InChI=1S/C39H19N7/c40-20-25-26(45-28-12-1-6-21-32(28)33-22(7-2-13-29(33)45)37-36(21)41-16-17-42-37)10-5-11-27(25)46-30-14-3-8-23-34(30)35-24(9-4-15-31(35)46)39-38(23)43-18-19-44-39/h1-19H. The number of benzene rings is 7. The van der Waals surface area contributed by atoms with Crippen molar-refractivity contribution in [2.24, 2.45) is 0 Å². The van der Waals surface area contributed by atoms with E-state index in [1.807, 2.05) is 12.1 Å². The molecule has 0 aliphatic carbocycles. The van der Waals surface area contributed by atoms with Crippen LogP contribution in [0.3, 0.4) is 0 Å². The van der Waals surface area contributed by atoms with Gasteiger partial charge in [-0.15, -0.1) is 0 Å². The van der Waals surface area contributed by atoms with E-state index in [9.17, 15) is 5.26 Å². The molecule has 0 saturated heterocycles. The van der Waals surface area contributed by atoms with Gasteiger partial charge in [0.05, 0.1) is 55.5 Å². The zero-order chi connectivity index (χ0) is 30.1. The molecule has 46 heavy (non-hydrogen) atoms. The van der Waals surface area contributed by atoms with Crippen molar-refractivity contribution in [3.8, 4) is 17.4 Å². The van der Waals surface area contributed by atoms with Gasteiger partial charge in [0.2, 0.25) is 0 Å². The molecule has 7 heteroatoms. The zero-order valence-electron chi connectivity index (χ0n) is 24.1. The molecule has 11 rings (SSSR count). The van der Waals surface area contributed by atoms with Crippen LogP contribution in [0, 0.1) is 11.3 Å². The number of fused-ring (bicyclic) bond motifs is 6. The van der Waals surface area contributed by atoms with Gasteiger partial charge < -0.3 is 9.13 Å². The van der Waals surface area contributed by atoms with Gasteiger partial charge in [-0.3, -0.25) is 19.9 Å². The first-order chi connectivity index (χ1) is 22.8. The Balaban J connectivity index is 1.30. The topological polar surface area (TPSA) is 85.2 Å². The fourth-order valence-electron chi connectivity index (χ4n) is 8.00. The monoisotopic (exact) mass is 585 g/mol. The lowest BCUT2D eigenvalue weighted by atomic mass is 10.00. The van der Waals surface area contributed by atoms with Crippen molar-refractivity contribution in [2.75, 3.05) is 0 Å². The van der Waals surface area contributed by atoms with Crippen molar-refractivity contribution in [1.29, 1.82) is 5.26 Å². The summed E-state index contributed by atoms with van der Waals surface area (Å²) in [6, 6.07) is 34.1. The normalized spacial score (nSPS) is 12.3. The summed E-state index contributed by atoms with van der Waals surface area (Å²) in [5.74, 6) is 0. The highest BCUT2D eigenvalue weighted by Crippen LogP contribution is 2.45. The van der Waals surface area contributed by atoms with E-state index >= 15 is 0 Å². The van der Waals surface area contributed by atoms with Gasteiger partial charge in [-0.1, -0.05) is 54.6 Å². The van der Waals surface area contributed by atoms with E-state index in [4.69, 9.17) is 19.9 Å². The maximum Gasteiger partial charge on any atom is 0.104 e. The molecule has 7 aromatic carbocycles. The summed E-state index contributed by atoms with van der Waals surface area (Å²) in [6.45, 7) is 0. The van der Waals surface area contributed by atoms with Crippen LogP contribution in [-0.4, -0.2) is 29.1 Å². The lowest BCUT2D eigenvalue weighted by Crippen LogP contribution is -2.03. The van der Waals surface area contributed by atoms with Crippen molar-refractivity contribution in [1.82, 2.24) is 29.1 Å². The van der Waals surface area contributed by atoms with Crippen LogP contribution in [0.1, 0.15) is 5.56 Å². The Labute approximate surface area is 259 Å². The van der Waals surface area contributed by atoms with E-state index in [2.05, 4.69) is 94.1 Å². The maximum atomic E-state index is 11.0. The van der Waals surface area contributed by atoms with Crippen molar-refractivity contribution in [3.05, 3.63) is 121 Å². The molecule has 11 aromatic rings. The molecule has 0 aliphatic heterocycles. The van der Waals surface area contributed by atoms with Crippen LogP contribution in [0.15, 0.2) is 116 Å². The van der Waals surface area contributed by atoms with Crippen LogP contribution < -0.4 is 0 Å². The van der Waals surface area contributed by atoms with Crippen molar-refractivity contribution in [3.63, 3.8) is 0 Å². The molecule has 0 amide bonds. The Bertz CT molecular complexity index is 2730. The predicted molar refractivity (Wildman–Crippen MR) is 183 cm³/mol. The molecule has 0 unspecified atom stereocenters. The third-order valence-electron chi connectivity index (χ3n) is 9.66. The quantitative estimate of drug-likeness (QED) is 0.189. The van der Waals surface area contributed by atoms with E-state index in [-0.39, 0.29) is 0 Å². The molecule has 7 nitrogen and oxygen atoms in total. The molecule has 4 heterocycles. The summed E-state index contributed by atoms with van der Waals surface area (Å²) in [5.41, 5.74) is 9.89. The summed E-state index contributed by atoms with van der Waals surface area (Å²) in [6.07, 6.45) is 7.01. The van der Waals surface area contributed by atoms with Crippen LogP contribution in [0.4, 0.5) is 0 Å². The Morgan fingerprint density at radius 3 is 1.02 bits per heavy atom. The number of rotatable bonds is 2. The van der Waals surface area contributed by atoms with Crippen molar-refractivity contribution < 1.29 is 0 Å². The first-order valence-electron chi connectivity index (χ1n) is 15.1. The third kappa shape index (κ3) is 2.69. The van der Waals surface area contributed by atoms with Crippen LogP contribution >= 0.6 is 0 Å². The Morgan fingerprint density at radius 1 is 0.413 bits per heavy atom. The van der Waals surface area contributed by atoms with E-state index in [1.165, 1.54) is 0 Å². The fourth-order valence-corrected chi connectivity index (χ4v) is 8.00. The van der Waals surface area contributed by atoms with Gasteiger partial charge >= 0.3 is 0 Å². The van der Waals surface area contributed by atoms with Crippen LogP contribution in [0.25, 0.3) is 98.6 Å². The second-order valence-electron chi connectivity index (χ2n) is 11.8. The first kappa shape index (κ1) is 23.8. The van der Waals surface area contributed by atoms with E-state index in [1.54, 1.807) is 24.8 Å². The molecule has 0 bridgehead atoms. The van der Waals surface area contributed by atoms with Gasteiger partial charge in [0.25, 0.3) is 0 Å². The largest absolute Gasteiger partial charge is 0.308 e. The molecule has 4 aromatic heterocycles. The van der Waals surface area contributed by atoms with Gasteiger partial charge in [0.1, 0.15) is 11.6 Å². The highest BCUT2D eigenvalue weighted by molar-refractivity contribution is 6.34. The first-order valence-corrected chi connectivity index (χ1v) is 15.1. The van der Waals surface area contributed by atoms with Gasteiger partial charge in [0, 0.05) is 67.9 Å². The Morgan fingerprint density at radius 2 is 0.717 bits per heavy atom. The number of aromatic nitrogens is 6.